The quantitative estimate of drug-likeness (QED) is 0.650. The Bertz CT molecular complexity index is 193. The summed E-state index contributed by atoms with van der Waals surface area (Å²) in [4.78, 5) is 10.8. The molecule has 0 aromatic heterocycles. The van der Waals surface area contributed by atoms with Crippen molar-refractivity contribution in [3.63, 3.8) is 0 Å². The first kappa shape index (κ1) is 10.5. The van der Waals surface area contributed by atoms with Crippen LogP contribution in [0.2, 0.25) is 0 Å². The molecule has 2 unspecified atom stereocenters. The van der Waals surface area contributed by atoms with Crippen molar-refractivity contribution in [1.29, 1.82) is 0 Å². The van der Waals surface area contributed by atoms with E-state index in [4.69, 9.17) is 5.11 Å². The van der Waals surface area contributed by atoms with E-state index in [0.29, 0.717) is 17.9 Å². The van der Waals surface area contributed by atoms with E-state index >= 15 is 0 Å². The Morgan fingerprint density at radius 3 is 2.46 bits per heavy atom. The van der Waals surface area contributed by atoms with Crippen LogP contribution in [-0.2, 0) is 4.79 Å². The minimum absolute atomic E-state index is 0.311. The molecule has 0 aromatic rings. The lowest BCUT2D eigenvalue weighted by molar-refractivity contribution is -0.140. The third kappa shape index (κ3) is 2.69. The maximum atomic E-state index is 10.8. The fraction of sp³-hybridized carbons (Fsp3) is 0.900. The van der Waals surface area contributed by atoms with Crippen molar-refractivity contribution in [3.05, 3.63) is 0 Å². The van der Waals surface area contributed by atoms with Crippen LogP contribution in [0.25, 0.3) is 0 Å². The summed E-state index contributed by atoms with van der Waals surface area (Å²) in [6.45, 7) is 6.38. The molecule has 1 aliphatic heterocycles. The smallest absolute Gasteiger partial charge is 0.320 e. The van der Waals surface area contributed by atoms with E-state index < -0.39 is 5.97 Å². The zero-order valence-corrected chi connectivity index (χ0v) is 8.58. The Morgan fingerprint density at radius 2 is 1.92 bits per heavy atom. The second-order valence-corrected chi connectivity index (χ2v) is 4.40. The summed E-state index contributed by atoms with van der Waals surface area (Å²) in [5, 5.41) is 12.1. The molecular weight excluding hydrogens is 166 g/mol. The van der Waals surface area contributed by atoms with Crippen LogP contribution < -0.4 is 5.32 Å². The molecule has 0 aliphatic carbocycles. The van der Waals surface area contributed by atoms with Crippen LogP contribution >= 0.6 is 0 Å². The molecule has 0 saturated carbocycles. The number of aliphatic carboxylic acids is 1. The monoisotopic (exact) mass is 185 g/mol. The van der Waals surface area contributed by atoms with Crippen LogP contribution in [0.4, 0.5) is 0 Å². The van der Waals surface area contributed by atoms with Crippen LogP contribution in [0.3, 0.4) is 0 Å². The molecule has 1 heterocycles. The maximum Gasteiger partial charge on any atom is 0.320 e. The Kier molecular flexibility index (Phi) is 3.31. The lowest BCUT2D eigenvalue weighted by Gasteiger charge is -2.19. The van der Waals surface area contributed by atoms with Gasteiger partial charge in [-0.3, -0.25) is 4.79 Å². The van der Waals surface area contributed by atoms with Gasteiger partial charge in [0, 0.05) is 6.04 Å². The van der Waals surface area contributed by atoms with Crippen LogP contribution in [-0.4, -0.2) is 23.2 Å². The normalized spacial score (nSPS) is 41.2. The summed E-state index contributed by atoms with van der Waals surface area (Å²) in [5.41, 5.74) is 0. The Hall–Kier alpha value is -0.570. The summed E-state index contributed by atoms with van der Waals surface area (Å²) in [6, 6.07) is -0.0407. The second-order valence-electron chi connectivity index (χ2n) is 4.40. The highest BCUT2D eigenvalue weighted by Crippen LogP contribution is 2.23. The molecule has 3 heteroatoms. The van der Waals surface area contributed by atoms with Crippen LogP contribution in [0.1, 0.15) is 33.6 Å². The minimum atomic E-state index is -0.715. The van der Waals surface area contributed by atoms with Crippen LogP contribution in [0.5, 0.6) is 0 Å². The standard InChI is InChI=1S/C10H19NO2/c1-6-4-7(2)8(3)11-9(5-6)10(12)13/h6-9,11H,4-5H2,1-3H3,(H,12,13)/t6?,7?,8-,9-/m0/s1. The molecule has 1 rings (SSSR count). The number of nitrogens with one attached hydrogen (secondary N) is 1. The van der Waals surface area contributed by atoms with E-state index in [2.05, 4.69) is 26.1 Å². The van der Waals surface area contributed by atoms with Gasteiger partial charge in [0.2, 0.25) is 0 Å². The number of rotatable bonds is 1. The van der Waals surface area contributed by atoms with Gasteiger partial charge in [0.25, 0.3) is 0 Å². The van der Waals surface area contributed by atoms with Crippen molar-refractivity contribution < 1.29 is 9.90 Å². The molecule has 3 nitrogen and oxygen atoms in total. The molecule has 76 valence electrons. The van der Waals surface area contributed by atoms with Gasteiger partial charge in [-0.15, -0.1) is 0 Å². The molecule has 1 aliphatic rings. The number of hydrogen-bond donors (Lipinski definition) is 2. The lowest BCUT2D eigenvalue weighted by atomic mass is 9.92. The SMILES string of the molecule is CC1CC(C)[C@H](C)N[C@H](C(=O)O)C1. The first-order valence-electron chi connectivity index (χ1n) is 4.99. The number of carbonyl (C=O) groups is 1. The zero-order chi connectivity index (χ0) is 10.0. The van der Waals surface area contributed by atoms with Crippen LogP contribution in [0, 0.1) is 11.8 Å². The summed E-state index contributed by atoms with van der Waals surface area (Å²) in [5.74, 6) is 0.362. The maximum absolute atomic E-state index is 10.8. The molecule has 2 N–H and O–H groups in total. The third-order valence-electron chi connectivity index (χ3n) is 3.03. The van der Waals surface area contributed by atoms with Crippen molar-refractivity contribution in [2.24, 2.45) is 11.8 Å². The van der Waals surface area contributed by atoms with Gasteiger partial charge in [0.05, 0.1) is 0 Å². The van der Waals surface area contributed by atoms with Gasteiger partial charge in [0.1, 0.15) is 6.04 Å². The molecule has 4 atom stereocenters. The number of carboxylic acid groups (broad SMARTS) is 1. The van der Waals surface area contributed by atoms with Gasteiger partial charge in [0.15, 0.2) is 0 Å². The number of hydrogen-bond acceptors (Lipinski definition) is 2. The molecule has 0 amide bonds. The average Bonchev–Trinajstić information content (AvgIpc) is 2.12. The van der Waals surface area contributed by atoms with E-state index in [9.17, 15) is 4.79 Å². The Balaban J connectivity index is 2.65. The fourth-order valence-electron chi connectivity index (χ4n) is 2.06. The van der Waals surface area contributed by atoms with Gasteiger partial charge in [-0.1, -0.05) is 13.8 Å². The summed E-state index contributed by atoms with van der Waals surface area (Å²) < 4.78 is 0. The van der Waals surface area contributed by atoms with Gasteiger partial charge in [-0.2, -0.15) is 0 Å². The third-order valence-corrected chi connectivity index (χ3v) is 3.03. The summed E-state index contributed by atoms with van der Waals surface area (Å²) in [7, 11) is 0. The van der Waals surface area contributed by atoms with E-state index in [0.717, 1.165) is 12.8 Å². The molecule has 0 spiro atoms. The first-order valence-corrected chi connectivity index (χ1v) is 4.99. The van der Waals surface area contributed by atoms with Crippen LogP contribution in [0.15, 0.2) is 0 Å². The molecule has 1 fully saturated rings. The Morgan fingerprint density at radius 1 is 1.31 bits per heavy atom. The summed E-state index contributed by atoms with van der Waals surface area (Å²) in [6.07, 6.45) is 1.88. The highest BCUT2D eigenvalue weighted by molar-refractivity contribution is 5.73. The minimum Gasteiger partial charge on any atom is -0.480 e. The topological polar surface area (TPSA) is 49.3 Å². The van der Waals surface area contributed by atoms with Crippen molar-refractivity contribution in [1.82, 2.24) is 5.32 Å². The Labute approximate surface area is 79.5 Å². The van der Waals surface area contributed by atoms with E-state index in [1.54, 1.807) is 0 Å². The number of carboxylic acids is 1. The van der Waals surface area contributed by atoms with Crippen molar-refractivity contribution in [2.45, 2.75) is 45.7 Å². The van der Waals surface area contributed by atoms with E-state index in [1.807, 2.05) is 0 Å². The van der Waals surface area contributed by atoms with Crippen molar-refractivity contribution in [3.8, 4) is 0 Å². The molecule has 0 aromatic carbocycles. The molecule has 0 bridgehead atoms. The highest BCUT2D eigenvalue weighted by Gasteiger charge is 2.29. The summed E-state index contributed by atoms with van der Waals surface area (Å²) >= 11 is 0. The average molecular weight is 185 g/mol. The predicted molar refractivity (Wildman–Crippen MR) is 51.6 cm³/mol. The van der Waals surface area contributed by atoms with Crippen molar-refractivity contribution >= 4 is 5.97 Å². The zero-order valence-electron chi connectivity index (χ0n) is 8.58. The van der Waals surface area contributed by atoms with E-state index in [1.165, 1.54) is 0 Å². The van der Waals surface area contributed by atoms with Gasteiger partial charge in [-0.05, 0) is 31.6 Å². The molecule has 0 radical (unpaired) electrons. The first-order chi connectivity index (χ1) is 6.00. The van der Waals surface area contributed by atoms with Gasteiger partial charge >= 0.3 is 5.97 Å². The largest absolute Gasteiger partial charge is 0.480 e. The molecule has 13 heavy (non-hydrogen) atoms. The molecule has 1 saturated heterocycles. The highest BCUT2D eigenvalue weighted by atomic mass is 16.4. The fourth-order valence-corrected chi connectivity index (χ4v) is 2.06. The molecular formula is C10H19NO2. The predicted octanol–water partition coefficient (Wildman–Crippen LogP) is 1.48. The van der Waals surface area contributed by atoms with Gasteiger partial charge in [-0.25, -0.2) is 0 Å². The van der Waals surface area contributed by atoms with E-state index in [-0.39, 0.29) is 6.04 Å². The second kappa shape index (κ2) is 4.09. The van der Waals surface area contributed by atoms with Crippen molar-refractivity contribution in [2.75, 3.05) is 0 Å². The van der Waals surface area contributed by atoms with Gasteiger partial charge < -0.3 is 10.4 Å². The lowest BCUT2D eigenvalue weighted by Crippen LogP contribution is -2.42.